The van der Waals surface area contributed by atoms with Crippen molar-refractivity contribution in [1.29, 1.82) is 0 Å². The van der Waals surface area contributed by atoms with Gasteiger partial charge >= 0.3 is 0 Å². The van der Waals surface area contributed by atoms with E-state index >= 15 is 0 Å². The number of hydrogen-bond donors (Lipinski definition) is 0. The van der Waals surface area contributed by atoms with Gasteiger partial charge in [0.2, 0.25) is 0 Å². The summed E-state index contributed by atoms with van der Waals surface area (Å²) in [5.74, 6) is -2.56. The van der Waals surface area contributed by atoms with E-state index in [1.165, 1.54) is 36.4 Å². The fourth-order valence-corrected chi connectivity index (χ4v) is 5.56. The van der Waals surface area contributed by atoms with E-state index in [9.17, 15) is 24.0 Å². The molecule has 6 rings (SSSR count). The number of anilines is 2. The van der Waals surface area contributed by atoms with Gasteiger partial charge in [-0.2, -0.15) is 0 Å². The van der Waals surface area contributed by atoms with E-state index in [1.807, 2.05) is 0 Å². The van der Waals surface area contributed by atoms with Crippen LogP contribution in [0.4, 0.5) is 11.4 Å². The summed E-state index contributed by atoms with van der Waals surface area (Å²) in [4.78, 5) is 68.3. The van der Waals surface area contributed by atoms with Gasteiger partial charge in [-0.3, -0.25) is 24.0 Å². The molecule has 0 bridgehead atoms. The Balaban J connectivity index is 1.32. The first-order valence-corrected chi connectivity index (χ1v) is 12.9. The Morgan fingerprint density at radius 1 is 0.525 bits per heavy atom. The predicted octanol–water partition coefficient (Wildman–Crippen LogP) is 6.44. The molecule has 0 fully saturated rings. The maximum Gasteiger partial charge on any atom is 0.266 e. The Hall–Kier alpha value is -4.59. The maximum absolute atomic E-state index is 13.5. The normalized spacial score (nSPS) is 14.2. The number of rotatable bonds is 4. The molecule has 0 atom stereocenters. The Bertz CT molecular complexity index is 1730. The summed E-state index contributed by atoms with van der Waals surface area (Å²) < 4.78 is 0. The standard InChI is InChI=1S/C31H18Cl2N2O5/c1-15-11-19(32)5-9-25(15)34-28(37)21-7-3-17(13-23(21)30(34)39)27(36)18-4-8-22-24(14-18)31(40)35(29(22)38)26-10-6-20(33)12-16(26)2/h3-14H,1-2H3. The third-order valence-electron chi connectivity index (χ3n) is 7.10. The quantitative estimate of drug-likeness (QED) is 0.208. The number of ketones is 1. The van der Waals surface area contributed by atoms with E-state index in [0.717, 1.165) is 9.80 Å². The molecule has 9 heteroatoms. The number of amides is 4. The van der Waals surface area contributed by atoms with Crippen molar-refractivity contribution in [2.45, 2.75) is 13.8 Å². The van der Waals surface area contributed by atoms with Crippen LogP contribution in [0.2, 0.25) is 10.0 Å². The van der Waals surface area contributed by atoms with Crippen LogP contribution in [0.25, 0.3) is 0 Å². The number of imide groups is 2. The van der Waals surface area contributed by atoms with Crippen molar-refractivity contribution in [3.05, 3.63) is 127 Å². The Kier molecular flexibility index (Phi) is 5.94. The number of aryl methyl sites for hydroxylation is 2. The molecule has 7 nitrogen and oxygen atoms in total. The number of benzene rings is 4. The molecule has 4 amide bonds. The number of nitrogens with zero attached hydrogens (tertiary/aromatic N) is 2. The van der Waals surface area contributed by atoms with Crippen molar-refractivity contribution in [2.24, 2.45) is 0 Å². The number of halogens is 2. The minimum atomic E-state index is -0.552. The average Bonchev–Trinajstić information content (AvgIpc) is 3.32. The maximum atomic E-state index is 13.5. The van der Waals surface area contributed by atoms with Crippen LogP contribution in [0.5, 0.6) is 0 Å². The molecule has 40 heavy (non-hydrogen) atoms. The summed E-state index contributed by atoms with van der Waals surface area (Å²) >= 11 is 12.1. The van der Waals surface area contributed by atoms with E-state index < -0.39 is 29.4 Å². The van der Waals surface area contributed by atoms with Crippen LogP contribution in [0, 0.1) is 13.8 Å². The van der Waals surface area contributed by atoms with Crippen molar-refractivity contribution in [3.63, 3.8) is 0 Å². The van der Waals surface area contributed by atoms with Gasteiger partial charge in [0.05, 0.1) is 33.6 Å². The minimum absolute atomic E-state index is 0.0991. The van der Waals surface area contributed by atoms with Gasteiger partial charge in [-0.1, -0.05) is 35.3 Å². The van der Waals surface area contributed by atoms with Gasteiger partial charge in [-0.05, 0) is 85.6 Å². The third kappa shape index (κ3) is 3.86. The monoisotopic (exact) mass is 568 g/mol. The molecule has 0 aliphatic carbocycles. The first kappa shape index (κ1) is 25.7. The van der Waals surface area contributed by atoms with Gasteiger partial charge < -0.3 is 0 Å². The van der Waals surface area contributed by atoms with Crippen molar-refractivity contribution in [2.75, 3.05) is 9.80 Å². The molecule has 2 aliphatic heterocycles. The molecule has 0 aromatic heterocycles. The molecule has 0 N–H and O–H groups in total. The van der Waals surface area contributed by atoms with Gasteiger partial charge in [0, 0.05) is 21.2 Å². The third-order valence-corrected chi connectivity index (χ3v) is 7.57. The lowest BCUT2D eigenvalue weighted by Gasteiger charge is -2.16. The van der Waals surface area contributed by atoms with Gasteiger partial charge in [-0.15, -0.1) is 0 Å². The largest absolute Gasteiger partial charge is 0.289 e. The zero-order valence-corrected chi connectivity index (χ0v) is 22.6. The number of carbonyl (C=O) groups is 5. The second-order valence-corrected chi connectivity index (χ2v) is 10.5. The van der Waals surface area contributed by atoms with Crippen LogP contribution < -0.4 is 9.80 Å². The molecule has 0 radical (unpaired) electrons. The van der Waals surface area contributed by atoms with Gasteiger partial charge in [0.25, 0.3) is 23.6 Å². The molecular formula is C31H18Cl2N2O5. The van der Waals surface area contributed by atoms with Gasteiger partial charge in [0.15, 0.2) is 5.78 Å². The highest BCUT2D eigenvalue weighted by molar-refractivity contribution is 6.37. The van der Waals surface area contributed by atoms with Crippen LogP contribution in [0.1, 0.15) is 68.5 Å². The van der Waals surface area contributed by atoms with Crippen LogP contribution in [0.3, 0.4) is 0 Å². The number of hydrogen-bond acceptors (Lipinski definition) is 5. The molecule has 2 aliphatic rings. The second kappa shape index (κ2) is 9.26. The highest BCUT2D eigenvalue weighted by Gasteiger charge is 2.39. The van der Waals surface area contributed by atoms with Crippen molar-refractivity contribution >= 4 is 64.0 Å². The topological polar surface area (TPSA) is 91.8 Å². The summed E-state index contributed by atoms with van der Waals surface area (Å²) in [5.41, 5.74) is 3.00. The lowest BCUT2D eigenvalue weighted by Crippen LogP contribution is -2.30. The van der Waals surface area contributed by atoms with Crippen molar-refractivity contribution in [1.82, 2.24) is 0 Å². The minimum Gasteiger partial charge on any atom is -0.289 e. The van der Waals surface area contributed by atoms with Crippen LogP contribution >= 0.6 is 23.2 Å². The number of fused-ring (bicyclic) bond motifs is 2. The Morgan fingerprint density at radius 3 is 1.27 bits per heavy atom. The first-order valence-electron chi connectivity index (χ1n) is 12.2. The van der Waals surface area contributed by atoms with E-state index in [2.05, 4.69) is 0 Å². The lowest BCUT2D eigenvalue weighted by atomic mass is 9.96. The highest BCUT2D eigenvalue weighted by atomic mass is 35.5. The summed E-state index contributed by atoms with van der Waals surface area (Å²) in [6.45, 7) is 3.49. The highest BCUT2D eigenvalue weighted by Crippen LogP contribution is 2.35. The van der Waals surface area contributed by atoms with E-state index in [0.29, 0.717) is 32.5 Å². The Labute approximate surface area is 238 Å². The zero-order chi connectivity index (χ0) is 28.5. The van der Waals surface area contributed by atoms with E-state index in [4.69, 9.17) is 23.2 Å². The van der Waals surface area contributed by atoms with E-state index in [1.54, 1.807) is 50.2 Å². The van der Waals surface area contributed by atoms with Crippen molar-refractivity contribution in [3.8, 4) is 0 Å². The SMILES string of the molecule is Cc1cc(Cl)ccc1N1C(=O)c2ccc(C(=O)c3ccc4c(c3)C(=O)N(c3ccc(Cl)cc3C)C4=O)cc2C1=O. The van der Waals surface area contributed by atoms with Crippen LogP contribution in [-0.4, -0.2) is 29.4 Å². The fourth-order valence-electron chi connectivity index (χ4n) is 5.11. The molecule has 0 unspecified atom stereocenters. The molecule has 4 aromatic carbocycles. The molecular weight excluding hydrogens is 551 g/mol. The summed E-state index contributed by atoms with van der Waals surface area (Å²) in [7, 11) is 0. The molecule has 0 saturated heterocycles. The summed E-state index contributed by atoms with van der Waals surface area (Å²) in [6, 6.07) is 18.3. The fraction of sp³-hybridized carbons (Fsp3) is 0.0645. The van der Waals surface area contributed by atoms with Crippen LogP contribution in [-0.2, 0) is 0 Å². The van der Waals surface area contributed by atoms with Crippen LogP contribution in [0.15, 0.2) is 72.8 Å². The lowest BCUT2D eigenvalue weighted by molar-refractivity contribution is 0.0910. The van der Waals surface area contributed by atoms with Gasteiger partial charge in [-0.25, -0.2) is 9.80 Å². The summed E-state index contributed by atoms with van der Waals surface area (Å²) in [6.07, 6.45) is 0. The first-order chi connectivity index (χ1) is 19.1. The second-order valence-electron chi connectivity index (χ2n) is 9.60. The summed E-state index contributed by atoms with van der Waals surface area (Å²) in [5, 5.41) is 0.957. The predicted molar refractivity (Wildman–Crippen MR) is 151 cm³/mol. The average molecular weight is 569 g/mol. The molecule has 0 saturated carbocycles. The number of carbonyl (C=O) groups excluding carboxylic acids is 5. The van der Waals surface area contributed by atoms with Crippen molar-refractivity contribution < 1.29 is 24.0 Å². The van der Waals surface area contributed by atoms with E-state index in [-0.39, 0.29) is 33.4 Å². The Morgan fingerprint density at radius 2 is 0.900 bits per heavy atom. The smallest absolute Gasteiger partial charge is 0.266 e. The molecule has 196 valence electrons. The molecule has 2 heterocycles. The zero-order valence-electron chi connectivity index (χ0n) is 21.1. The van der Waals surface area contributed by atoms with Gasteiger partial charge in [0.1, 0.15) is 0 Å². The molecule has 4 aromatic rings. The molecule has 0 spiro atoms.